The molecule has 3 nitrogen and oxygen atoms in total. The van der Waals surface area contributed by atoms with E-state index in [9.17, 15) is 9.18 Å². The fourth-order valence-electron chi connectivity index (χ4n) is 0.736. The number of carbonyl (C=O) groups is 1. The Kier molecular flexibility index (Phi) is 3.14. The molecule has 1 aromatic heterocycles. The van der Waals surface area contributed by atoms with Gasteiger partial charge in [0.05, 0.1) is 12.8 Å². The van der Waals surface area contributed by atoms with Gasteiger partial charge < -0.3 is 4.74 Å². The summed E-state index contributed by atoms with van der Waals surface area (Å²) in [6, 6.07) is 2.74. The number of aromatic nitrogens is 1. The Balaban J connectivity index is 2.80. The van der Waals surface area contributed by atoms with Gasteiger partial charge in [-0.25, -0.2) is 9.18 Å². The SMILES string of the molecule is COC(=O)C=Cc1ncccc1F. The van der Waals surface area contributed by atoms with E-state index >= 15 is 0 Å². The molecule has 1 heterocycles. The Morgan fingerprint density at radius 3 is 3.08 bits per heavy atom. The lowest BCUT2D eigenvalue weighted by atomic mass is 10.3. The first-order valence-corrected chi connectivity index (χ1v) is 3.60. The molecule has 0 atom stereocenters. The molecule has 1 aromatic rings. The Bertz CT molecular complexity index is 336. The Morgan fingerprint density at radius 1 is 1.69 bits per heavy atom. The molecular formula is C9H8FNO2. The summed E-state index contributed by atoms with van der Waals surface area (Å²) < 4.78 is 17.2. The first-order chi connectivity index (χ1) is 6.24. The minimum atomic E-state index is -0.537. The highest BCUT2D eigenvalue weighted by atomic mass is 19.1. The van der Waals surface area contributed by atoms with Gasteiger partial charge in [0.15, 0.2) is 0 Å². The number of hydrogen-bond acceptors (Lipinski definition) is 3. The van der Waals surface area contributed by atoms with Crippen LogP contribution in [0.15, 0.2) is 24.4 Å². The number of hydrogen-bond donors (Lipinski definition) is 0. The summed E-state index contributed by atoms with van der Waals surface area (Å²) in [4.78, 5) is 14.4. The van der Waals surface area contributed by atoms with Crippen molar-refractivity contribution in [2.45, 2.75) is 0 Å². The van der Waals surface area contributed by atoms with Crippen molar-refractivity contribution < 1.29 is 13.9 Å². The highest BCUT2D eigenvalue weighted by molar-refractivity contribution is 5.86. The predicted octanol–water partition coefficient (Wildman–Crippen LogP) is 1.41. The Morgan fingerprint density at radius 2 is 2.46 bits per heavy atom. The summed E-state index contributed by atoms with van der Waals surface area (Å²) in [6.07, 6.45) is 3.83. The third kappa shape index (κ3) is 2.66. The second kappa shape index (κ2) is 4.35. The van der Waals surface area contributed by atoms with Crippen molar-refractivity contribution in [3.05, 3.63) is 35.9 Å². The monoisotopic (exact) mass is 181 g/mol. The van der Waals surface area contributed by atoms with Crippen molar-refractivity contribution in [1.82, 2.24) is 4.98 Å². The van der Waals surface area contributed by atoms with E-state index in [1.807, 2.05) is 0 Å². The van der Waals surface area contributed by atoms with Gasteiger partial charge in [-0.3, -0.25) is 4.98 Å². The number of carbonyl (C=O) groups excluding carboxylic acids is 1. The molecule has 0 bridgehead atoms. The van der Waals surface area contributed by atoms with Gasteiger partial charge in [-0.15, -0.1) is 0 Å². The van der Waals surface area contributed by atoms with Gasteiger partial charge in [0.2, 0.25) is 0 Å². The molecule has 0 amide bonds. The highest BCUT2D eigenvalue weighted by Gasteiger charge is 1.98. The van der Waals surface area contributed by atoms with E-state index in [1.165, 1.54) is 31.5 Å². The predicted molar refractivity (Wildman–Crippen MR) is 45.2 cm³/mol. The van der Waals surface area contributed by atoms with E-state index in [-0.39, 0.29) is 5.69 Å². The minimum absolute atomic E-state index is 0.118. The molecule has 68 valence electrons. The molecule has 0 spiro atoms. The molecule has 0 aliphatic heterocycles. The Hall–Kier alpha value is -1.71. The van der Waals surface area contributed by atoms with E-state index in [0.29, 0.717) is 0 Å². The topological polar surface area (TPSA) is 39.2 Å². The second-order valence-electron chi connectivity index (χ2n) is 2.23. The van der Waals surface area contributed by atoms with Crippen molar-refractivity contribution in [2.24, 2.45) is 0 Å². The van der Waals surface area contributed by atoms with E-state index in [1.54, 1.807) is 0 Å². The summed E-state index contributed by atoms with van der Waals surface area (Å²) in [7, 11) is 1.25. The maximum Gasteiger partial charge on any atom is 0.330 e. The van der Waals surface area contributed by atoms with Gasteiger partial charge in [0.25, 0.3) is 0 Å². The lowest BCUT2D eigenvalue weighted by Gasteiger charge is -1.93. The van der Waals surface area contributed by atoms with Gasteiger partial charge in [0, 0.05) is 12.3 Å². The largest absolute Gasteiger partial charge is 0.466 e. The molecule has 0 fully saturated rings. The molecule has 0 radical (unpaired) electrons. The van der Waals surface area contributed by atoms with Crippen LogP contribution in [0.2, 0.25) is 0 Å². The van der Waals surface area contributed by atoms with Crippen LogP contribution in [0.1, 0.15) is 5.69 Å². The van der Waals surface area contributed by atoms with Crippen LogP contribution in [0.3, 0.4) is 0 Å². The molecule has 0 aliphatic rings. The number of ether oxygens (including phenoxy) is 1. The average Bonchev–Trinajstić information content (AvgIpc) is 2.16. The lowest BCUT2D eigenvalue weighted by molar-refractivity contribution is -0.134. The molecular weight excluding hydrogens is 173 g/mol. The number of methoxy groups -OCH3 is 1. The van der Waals surface area contributed by atoms with Crippen molar-refractivity contribution in [3.8, 4) is 0 Å². The molecule has 0 saturated carbocycles. The van der Waals surface area contributed by atoms with Crippen molar-refractivity contribution in [1.29, 1.82) is 0 Å². The number of esters is 1. The van der Waals surface area contributed by atoms with E-state index < -0.39 is 11.8 Å². The Labute approximate surface area is 74.9 Å². The van der Waals surface area contributed by atoms with Crippen molar-refractivity contribution in [3.63, 3.8) is 0 Å². The van der Waals surface area contributed by atoms with Gasteiger partial charge in [-0.05, 0) is 18.2 Å². The maximum absolute atomic E-state index is 12.9. The number of pyridine rings is 1. The minimum Gasteiger partial charge on any atom is -0.466 e. The number of rotatable bonds is 2. The van der Waals surface area contributed by atoms with E-state index in [4.69, 9.17) is 0 Å². The van der Waals surface area contributed by atoms with Gasteiger partial charge in [0.1, 0.15) is 5.82 Å². The fourth-order valence-corrected chi connectivity index (χ4v) is 0.736. The summed E-state index contributed by atoms with van der Waals surface area (Å²) >= 11 is 0. The van der Waals surface area contributed by atoms with Gasteiger partial charge in [-0.1, -0.05) is 0 Å². The highest BCUT2D eigenvalue weighted by Crippen LogP contribution is 2.04. The van der Waals surface area contributed by atoms with Crippen LogP contribution in [0, 0.1) is 5.82 Å². The van der Waals surface area contributed by atoms with Crippen molar-refractivity contribution in [2.75, 3.05) is 7.11 Å². The maximum atomic E-state index is 12.9. The quantitative estimate of drug-likeness (QED) is 0.511. The molecule has 0 aliphatic carbocycles. The zero-order chi connectivity index (χ0) is 9.68. The van der Waals surface area contributed by atoms with Crippen LogP contribution in [-0.2, 0) is 9.53 Å². The fraction of sp³-hybridized carbons (Fsp3) is 0.111. The zero-order valence-electron chi connectivity index (χ0n) is 7.03. The molecule has 0 aromatic carbocycles. The summed E-state index contributed by atoms with van der Waals surface area (Å²) in [6.45, 7) is 0. The average molecular weight is 181 g/mol. The molecule has 1 rings (SSSR count). The van der Waals surface area contributed by atoms with Crippen LogP contribution in [-0.4, -0.2) is 18.1 Å². The normalized spacial score (nSPS) is 10.3. The van der Waals surface area contributed by atoms with Gasteiger partial charge in [-0.2, -0.15) is 0 Å². The summed E-state index contributed by atoms with van der Waals surface area (Å²) in [5.74, 6) is -1.01. The third-order valence-corrected chi connectivity index (χ3v) is 1.37. The molecule has 0 saturated heterocycles. The smallest absolute Gasteiger partial charge is 0.330 e. The van der Waals surface area contributed by atoms with Crippen LogP contribution in [0.4, 0.5) is 4.39 Å². The van der Waals surface area contributed by atoms with E-state index in [2.05, 4.69) is 9.72 Å². The van der Waals surface area contributed by atoms with Crippen LogP contribution >= 0.6 is 0 Å². The zero-order valence-corrected chi connectivity index (χ0v) is 7.03. The molecule has 0 unspecified atom stereocenters. The van der Waals surface area contributed by atoms with Crippen LogP contribution < -0.4 is 0 Å². The lowest BCUT2D eigenvalue weighted by Crippen LogP contribution is -1.94. The molecule has 0 N–H and O–H groups in total. The molecule has 13 heavy (non-hydrogen) atoms. The number of nitrogens with zero attached hydrogens (tertiary/aromatic N) is 1. The summed E-state index contributed by atoms with van der Waals surface area (Å²) in [5.41, 5.74) is 0.118. The first-order valence-electron chi connectivity index (χ1n) is 3.60. The van der Waals surface area contributed by atoms with Crippen LogP contribution in [0.25, 0.3) is 6.08 Å². The third-order valence-electron chi connectivity index (χ3n) is 1.37. The van der Waals surface area contributed by atoms with Crippen LogP contribution in [0.5, 0.6) is 0 Å². The van der Waals surface area contributed by atoms with E-state index in [0.717, 1.165) is 6.08 Å². The van der Waals surface area contributed by atoms with Gasteiger partial charge >= 0.3 is 5.97 Å². The van der Waals surface area contributed by atoms with Crippen molar-refractivity contribution >= 4 is 12.0 Å². The standard InChI is InChI=1S/C9H8FNO2/c1-13-9(12)5-4-8-7(10)3-2-6-11-8/h2-6H,1H3. The molecule has 4 heteroatoms. The summed E-state index contributed by atoms with van der Waals surface area (Å²) in [5, 5.41) is 0. The number of halogens is 1. The first kappa shape index (κ1) is 9.38. The second-order valence-corrected chi connectivity index (χ2v) is 2.23.